The van der Waals surface area contributed by atoms with Crippen molar-refractivity contribution in [3.05, 3.63) is 35.8 Å². The molecule has 0 bridgehead atoms. The predicted octanol–water partition coefficient (Wildman–Crippen LogP) is 2.92. The van der Waals surface area contributed by atoms with Gasteiger partial charge in [0.05, 0.1) is 29.3 Å². The zero-order valence-electron chi connectivity index (χ0n) is 13.1. The van der Waals surface area contributed by atoms with Gasteiger partial charge in [-0.15, -0.1) is 0 Å². The summed E-state index contributed by atoms with van der Waals surface area (Å²) < 4.78 is 0. The van der Waals surface area contributed by atoms with Crippen molar-refractivity contribution in [1.29, 1.82) is 0 Å². The first kappa shape index (κ1) is 14.2. The zero-order valence-corrected chi connectivity index (χ0v) is 13.1. The summed E-state index contributed by atoms with van der Waals surface area (Å²) in [6.07, 6.45) is 9.50. The Balaban J connectivity index is 1.44. The maximum absolute atomic E-state index is 12.4. The number of anilines is 2. The third kappa shape index (κ3) is 3.06. The number of amides is 1. The van der Waals surface area contributed by atoms with Crippen LogP contribution < -0.4 is 10.2 Å². The summed E-state index contributed by atoms with van der Waals surface area (Å²) >= 11 is 0. The van der Waals surface area contributed by atoms with Crippen LogP contribution in [0, 0.1) is 0 Å². The van der Waals surface area contributed by atoms with Crippen LogP contribution in [-0.2, 0) is 0 Å². The molecule has 1 saturated carbocycles. The Morgan fingerprint density at radius 2 is 2.00 bits per heavy atom. The van der Waals surface area contributed by atoms with Crippen LogP contribution in [-0.4, -0.2) is 34.2 Å². The molecule has 2 aromatic rings. The van der Waals surface area contributed by atoms with Crippen LogP contribution in [0.4, 0.5) is 11.5 Å². The number of pyridine rings is 1. The molecular weight excluding hydrogens is 290 g/mol. The normalized spacial score (nSPS) is 18.0. The number of hydrogen-bond donors (Lipinski definition) is 2. The number of H-pyrrole nitrogens is 1. The lowest BCUT2D eigenvalue weighted by Crippen LogP contribution is -2.29. The molecule has 23 heavy (non-hydrogen) atoms. The van der Waals surface area contributed by atoms with E-state index in [-0.39, 0.29) is 5.91 Å². The number of carbonyl (C=O) groups is 1. The fraction of sp³-hybridized carbons (Fsp3) is 0.471. The second-order valence-corrected chi connectivity index (χ2v) is 6.38. The van der Waals surface area contributed by atoms with Crippen LogP contribution in [0.15, 0.2) is 24.5 Å². The molecule has 6 nitrogen and oxygen atoms in total. The number of rotatable bonds is 4. The number of piperidine rings is 1. The van der Waals surface area contributed by atoms with E-state index in [1.807, 2.05) is 18.3 Å². The third-order valence-electron chi connectivity index (χ3n) is 4.61. The van der Waals surface area contributed by atoms with Crippen molar-refractivity contribution in [1.82, 2.24) is 15.2 Å². The molecule has 3 heterocycles. The van der Waals surface area contributed by atoms with E-state index in [1.165, 1.54) is 19.3 Å². The monoisotopic (exact) mass is 311 g/mol. The lowest BCUT2D eigenvalue weighted by atomic mass is 10.1. The number of aromatic nitrogens is 3. The van der Waals surface area contributed by atoms with Crippen LogP contribution in [0.1, 0.15) is 54.1 Å². The molecule has 0 radical (unpaired) electrons. The molecule has 120 valence electrons. The average molecular weight is 311 g/mol. The molecule has 1 aliphatic carbocycles. The summed E-state index contributed by atoms with van der Waals surface area (Å²) in [7, 11) is 0. The predicted molar refractivity (Wildman–Crippen MR) is 88.8 cm³/mol. The molecule has 1 saturated heterocycles. The van der Waals surface area contributed by atoms with Crippen molar-refractivity contribution >= 4 is 17.4 Å². The minimum atomic E-state index is -0.140. The fourth-order valence-electron chi connectivity index (χ4n) is 3.14. The van der Waals surface area contributed by atoms with Gasteiger partial charge in [0.1, 0.15) is 5.82 Å². The van der Waals surface area contributed by atoms with Crippen molar-refractivity contribution in [2.45, 2.75) is 38.0 Å². The van der Waals surface area contributed by atoms with Crippen LogP contribution in [0.3, 0.4) is 0 Å². The molecule has 0 spiro atoms. The number of hydrogen-bond acceptors (Lipinski definition) is 4. The summed E-state index contributed by atoms with van der Waals surface area (Å²) in [4.78, 5) is 19.1. The highest BCUT2D eigenvalue weighted by Crippen LogP contribution is 2.40. The molecular formula is C17H21N5O. The van der Waals surface area contributed by atoms with Crippen LogP contribution >= 0.6 is 0 Å². The number of nitrogens with one attached hydrogen (secondary N) is 2. The van der Waals surface area contributed by atoms with Crippen molar-refractivity contribution < 1.29 is 4.79 Å². The number of nitrogens with zero attached hydrogens (tertiary/aromatic N) is 3. The van der Waals surface area contributed by atoms with E-state index in [2.05, 4.69) is 25.4 Å². The van der Waals surface area contributed by atoms with Crippen molar-refractivity contribution in [3.8, 4) is 0 Å². The highest BCUT2D eigenvalue weighted by Gasteiger charge is 2.30. The minimum Gasteiger partial charge on any atom is -0.370 e. The molecule has 1 amide bonds. The number of aromatic amines is 1. The topological polar surface area (TPSA) is 73.9 Å². The van der Waals surface area contributed by atoms with E-state index in [0.29, 0.717) is 17.3 Å². The van der Waals surface area contributed by atoms with Gasteiger partial charge in [0, 0.05) is 19.0 Å². The first-order valence-electron chi connectivity index (χ1n) is 8.37. The highest BCUT2D eigenvalue weighted by molar-refractivity contribution is 6.04. The van der Waals surface area contributed by atoms with Gasteiger partial charge in [0.25, 0.3) is 5.91 Å². The van der Waals surface area contributed by atoms with Crippen LogP contribution in [0.2, 0.25) is 0 Å². The Morgan fingerprint density at radius 1 is 1.17 bits per heavy atom. The average Bonchev–Trinajstić information content (AvgIpc) is 3.33. The van der Waals surface area contributed by atoms with Crippen LogP contribution in [0.5, 0.6) is 0 Å². The molecule has 0 unspecified atom stereocenters. The summed E-state index contributed by atoms with van der Waals surface area (Å²) in [5.74, 6) is 0.908. The molecule has 6 heteroatoms. The first-order valence-corrected chi connectivity index (χ1v) is 8.37. The van der Waals surface area contributed by atoms with Crippen molar-refractivity contribution in [3.63, 3.8) is 0 Å². The summed E-state index contributed by atoms with van der Waals surface area (Å²) in [5, 5.41) is 9.83. The Bertz CT molecular complexity index is 683. The van der Waals surface area contributed by atoms with Gasteiger partial charge >= 0.3 is 0 Å². The van der Waals surface area contributed by atoms with Gasteiger partial charge in [-0.3, -0.25) is 9.89 Å². The van der Waals surface area contributed by atoms with Gasteiger partial charge in [-0.05, 0) is 44.2 Å². The molecule has 2 aliphatic rings. The van der Waals surface area contributed by atoms with E-state index in [0.717, 1.165) is 37.3 Å². The Morgan fingerprint density at radius 3 is 2.70 bits per heavy atom. The molecule has 0 aromatic carbocycles. The van der Waals surface area contributed by atoms with Crippen molar-refractivity contribution in [2.75, 3.05) is 23.3 Å². The van der Waals surface area contributed by atoms with E-state index < -0.39 is 0 Å². The van der Waals surface area contributed by atoms with E-state index in [4.69, 9.17) is 0 Å². The lowest BCUT2D eigenvalue weighted by Gasteiger charge is -2.28. The maximum Gasteiger partial charge on any atom is 0.260 e. The van der Waals surface area contributed by atoms with Crippen molar-refractivity contribution in [2.24, 2.45) is 0 Å². The Kier molecular flexibility index (Phi) is 3.73. The quantitative estimate of drug-likeness (QED) is 0.910. The van der Waals surface area contributed by atoms with Gasteiger partial charge in [0.2, 0.25) is 0 Å². The molecule has 0 atom stereocenters. The Labute approximate surface area is 135 Å². The number of carbonyl (C=O) groups excluding carboxylic acids is 1. The van der Waals surface area contributed by atoms with Gasteiger partial charge in [-0.1, -0.05) is 0 Å². The van der Waals surface area contributed by atoms with Gasteiger partial charge < -0.3 is 10.2 Å². The molecule has 2 N–H and O–H groups in total. The third-order valence-corrected chi connectivity index (χ3v) is 4.61. The van der Waals surface area contributed by atoms with Gasteiger partial charge in [-0.25, -0.2) is 4.98 Å². The molecule has 1 aliphatic heterocycles. The lowest BCUT2D eigenvalue weighted by molar-refractivity contribution is 0.102. The summed E-state index contributed by atoms with van der Waals surface area (Å²) in [6.45, 7) is 2.18. The molecule has 4 rings (SSSR count). The molecule has 2 aromatic heterocycles. The first-order chi connectivity index (χ1) is 11.3. The SMILES string of the molecule is O=C(Nc1ccc(N2CCCCC2)cn1)c1cn[nH]c1C1CC1. The smallest absolute Gasteiger partial charge is 0.260 e. The minimum absolute atomic E-state index is 0.140. The van der Waals surface area contributed by atoms with Crippen LogP contribution in [0.25, 0.3) is 0 Å². The second kappa shape index (κ2) is 6.02. The summed E-state index contributed by atoms with van der Waals surface area (Å²) in [6, 6.07) is 3.91. The van der Waals surface area contributed by atoms with E-state index in [1.54, 1.807) is 6.20 Å². The second-order valence-electron chi connectivity index (χ2n) is 6.38. The van der Waals surface area contributed by atoms with Gasteiger partial charge in [-0.2, -0.15) is 5.10 Å². The maximum atomic E-state index is 12.4. The van der Waals surface area contributed by atoms with E-state index >= 15 is 0 Å². The standard InChI is InChI=1S/C17H21N5O/c23-17(14-11-19-21-16(14)12-4-5-12)20-15-7-6-13(10-18-15)22-8-2-1-3-9-22/h6-7,10-12H,1-5,8-9H2,(H,19,21)(H,18,20,23). The zero-order chi connectivity index (χ0) is 15.6. The van der Waals surface area contributed by atoms with E-state index in [9.17, 15) is 4.79 Å². The fourth-order valence-corrected chi connectivity index (χ4v) is 3.14. The van der Waals surface area contributed by atoms with Gasteiger partial charge in [0.15, 0.2) is 0 Å². The highest BCUT2D eigenvalue weighted by atomic mass is 16.1. The summed E-state index contributed by atoms with van der Waals surface area (Å²) in [5.41, 5.74) is 2.71. The molecule has 2 fully saturated rings. The Hall–Kier alpha value is -2.37. The largest absolute Gasteiger partial charge is 0.370 e.